The molecule has 1 fully saturated rings. The summed E-state index contributed by atoms with van der Waals surface area (Å²) in [4.78, 5) is 8.62. The number of hydrogen-bond donors (Lipinski definition) is 3. The van der Waals surface area contributed by atoms with Crippen LogP contribution >= 0.6 is 0 Å². The van der Waals surface area contributed by atoms with Gasteiger partial charge in [0.2, 0.25) is 5.95 Å². The van der Waals surface area contributed by atoms with Crippen molar-refractivity contribution in [2.75, 3.05) is 17.2 Å². The molecule has 0 aliphatic heterocycles. The van der Waals surface area contributed by atoms with E-state index >= 15 is 0 Å². The number of nitriles is 1. The molecule has 2 heterocycles. The number of nitrogens with one attached hydrogen (secondary N) is 2. The number of anilines is 2. The van der Waals surface area contributed by atoms with Crippen LogP contribution in [0, 0.1) is 16.7 Å². The molecule has 2 atom stereocenters. The third-order valence-electron chi connectivity index (χ3n) is 4.76. The van der Waals surface area contributed by atoms with Crippen molar-refractivity contribution in [2.45, 2.75) is 39.0 Å². The molecule has 0 amide bonds. The fraction of sp³-hybridized carbons (Fsp3) is 0.471. The third kappa shape index (κ3) is 3.19. The summed E-state index contributed by atoms with van der Waals surface area (Å²) in [6, 6.07) is 6.16. The van der Waals surface area contributed by atoms with Gasteiger partial charge < -0.3 is 20.3 Å². The molecule has 1 aliphatic rings. The molecular formula is C17H24N6O. The summed E-state index contributed by atoms with van der Waals surface area (Å²) in [7, 11) is 0. The van der Waals surface area contributed by atoms with E-state index in [2.05, 4.69) is 31.2 Å². The van der Waals surface area contributed by atoms with Crippen molar-refractivity contribution in [2.24, 2.45) is 5.41 Å². The molecule has 0 radical (unpaired) electrons. The summed E-state index contributed by atoms with van der Waals surface area (Å²) in [5.74, 6) is 1.00. The van der Waals surface area contributed by atoms with E-state index in [9.17, 15) is 10.4 Å². The maximum Gasteiger partial charge on any atom is 0.224 e. The lowest BCUT2D eigenvalue weighted by molar-refractivity contribution is -0.0511. The second-order valence-electron chi connectivity index (χ2n) is 6.69. The summed E-state index contributed by atoms with van der Waals surface area (Å²) in [6.07, 6.45) is 5.84. The summed E-state index contributed by atoms with van der Waals surface area (Å²) in [5, 5.41) is 25.6. The lowest BCUT2D eigenvalue weighted by Crippen LogP contribution is -2.57. The number of aliphatic hydroxyl groups is 1. The normalized spacial score (nSPS) is 21.6. The molecule has 0 unspecified atom stereocenters. The Hall–Kier alpha value is -2.59. The van der Waals surface area contributed by atoms with Crippen molar-refractivity contribution in [1.29, 1.82) is 5.26 Å². The Labute approximate surface area is 142 Å². The standard InChI is InChI=1S/C17H22N6O.H2/c1-17(2)13(9-14(17)24)21-15-12(10-18)11-20-16(22-15)19-5-8-23-6-3-4-7-23;/h3-4,6-7,11,13-14,24H,5,8-9H2,1-2H3,(H2,19,20,21,22);1H/t13-,14+;/m1./s1. The topological polar surface area (TPSA) is 98.8 Å². The van der Waals surface area contributed by atoms with Crippen molar-refractivity contribution in [3.05, 3.63) is 36.3 Å². The van der Waals surface area contributed by atoms with E-state index in [4.69, 9.17) is 0 Å². The maximum atomic E-state index is 9.86. The van der Waals surface area contributed by atoms with Crippen molar-refractivity contribution in [1.82, 2.24) is 14.5 Å². The second-order valence-corrected chi connectivity index (χ2v) is 6.69. The van der Waals surface area contributed by atoms with E-state index < -0.39 is 0 Å². The van der Waals surface area contributed by atoms with Crippen molar-refractivity contribution >= 4 is 11.8 Å². The first-order chi connectivity index (χ1) is 11.5. The molecule has 2 aromatic heterocycles. The predicted octanol–water partition coefficient (Wildman–Crippen LogP) is 2.08. The number of aliphatic hydroxyl groups excluding tert-OH is 1. The van der Waals surface area contributed by atoms with Crippen molar-refractivity contribution < 1.29 is 6.53 Å². The highest BCUT2D eigenvalue weighted by Gasteiger charge is 2.47. The van der Waals surface area contributed by atoms with Crippen LogP contribution in [-0.4, -0.2) is 38.3 Å². The van der Waals surface area contributed by atoms with Gasteiger partial charge in [0.1, 0.15) is 17.5 Å². The smallest absolute Gasteiger partial charge is 0.224 e. The zero-order valence-electron chi connectivity index (χ0n) is 13.9. The Bertz CT molecular complexity index is 740. The van der Waals surface area contributed by atoms with Gasteiger partial charge >= 0.3 is 0 Å². The van der Waals surface area contributed by atoms with Crippen LogP contribution in [0.15, 0.2) is 30.7 Å². The Morgan fingerprint density at radius 1 is 1.46 bits per heavy atom. The average Bonchev–Trinajstić information content (AvgIpc) is 3.08. The SMILES string of the molecule is CC1(C)[C@@H](O)C[C@H]1Nc1nc(NCCn2cccc2)ncc1C#N.[HH]. The minimum atomic E-state index is -0.332. The van der Waals surface area contributed by atoms with Gasteiger partial charge in [-0.1, -0.05) is 13.8 Å². The molecule has 1 saturated carbocycles. The molecule has 24 heavy (non-hydrogen) atoms. The molecule has 3 rings (SSSR count). The summed E-state index contributed by atoms with van der Waals surface area (Å²) in [5.41, 5.74) is 0.169. The largest absolute Gasteiger partial charge is 0.392 e. The van der Waals surface area contributed by atoms with Gasteiger partial charge in [0, 0.05) is 38.4 Å². The Morgan fingerprint density at radius 2 is 2.21 bits per heavy atom. The van der Waals surface area contributed by atoms with Gasteiger partial charge in [-0.25, -0.2) is 4.98 Å². The van der Waals surface area contributed by atoms with Gasteiger partial charge in [-0.05, 0) is 18.6 Å². The molecule has 0 saturated heterocycles. The number of rotatable bonds is 6. The van der Waals surface area contributed by atoms with Crippen LogP contribution < -0.4 is 10.6 Å². The quantitative estimate of drug-likeness (QED) is 0.751. The van der Waals surface area contributed by atoms with Crippen LogP contribution in [0.1, 0.15) is 27.3 Å². The van der Waals surface area contributed by atoms with E-state index in [0.717, 1.165) is 6.54 Å². The molecule has 0 aromatic carbocycles. The van der Waals surface area contributed by atoms with Gasteiger partial charge in [0.25, 0.3) is 0 Å². The highest BCUT2D eigenvalue weighted by molar-refractivity contribution is 5.54. The molecule has 1 aliphatic carbocycles. The van der Waals surface area contributed by atoms with Gasteiger partial charge in [0.05, 0.1) is 12.3 Å². The monoisotopic (exact) mass is 328 g/mol. The predicted molar refractivity (Wildman–Crippen MR) is 93.6 cm³/mol. The van der Waals surface area contributed by atoms with E-state index in [1.807, 2.05) is 38.4 Å². The van der Waals surface area contributed by atoms with Gasteiger partial charge in [-0.3, -0.25) is 0 Å². The van der Waals surface area contributed by atoms with Crippen LogP contribution in [0.3, 0.4) is 0 Å². The zero-order valence-corrected chi connectivity index (χ0v) is 13.9. The molecular weight excluding hydrogens is 304 g/mol. The zero-order chi connectivity index (χ0) is 17.2. The Balaban J connectivity index is 0.00000225. The molecule has 3 N–H and O–H groups in total. The highest BCUT2D eigenvalue weighted by atomic mass is 16.3. The number of aromatic nitrogens is 3. The van der Waals surface area contributed by atoms with Crippen molar-refractivity contribution in [3.8, 4) is 6.07 Å². The summed E-state index contributed by atoms with van der Waals surface area (Å²) >= 11 is 0. The van der Waals surface area contributed by atoms with E-state index in [1.54, 1.807) is 0 Å². The third-order valence-corrected chi connectivity index (χ3v) is 4.76. The van der Waals surface area contributed by atoms with Crippen LogP contribution in [0.2, 0.25) is 0 Å². The van der Waals surface area contributed by atoms with E-state index in [0.29, 0.717) is 30.3 Å². The minimum absolute atomic E-state index is 0. The summed E-state index contributed by atoms with van der Waals surface area (Å²) < 4.78 is 2.06. The molecule has 0 bridgehead atoms. The lowest BCUT2D eigenvalue weighted by atomic mass is 9.64. The molecule has 2 aromatic rings. The van der Waals surface area contributed by atoms with Crippen LogP contribution in [0.5, 0.6) is 0 Å². The first-order valence-corrected chi connectivity index (χ1v) is 8.07. The molecule has 7 nitrogen and oxygen atoms in total. The molecule has 128 valence electrons. The summed E-state index contributed by atoms with van der Waals surface area (Å²) in [6.45, 7) is 5.50. The lowest BCUT2D eigenvalue weighted by Gasteiger charge is -2.49. The molecule has 7 heteroatoms. The Kier molecular flexibility index (Phi) is 4.40. The van der Waals surface area contributed by atoms with Crippen LogP contribution in [0.4, 0.5) is 11.8 Å². The minimum Gasteiger partial charge on any atom is -0.392 e. The first-order valence-electron chi connectivity index (χ1n) is 8.07. The Morgan fingerprint density at radius 3 is 2.83 bits per heavy atom. The fourth-order valence-corrected chi connectivity index (χ4v) is 2.79. The number of nitrogens with zero attached hydrogens (tertiary/aromatic N) is 4. The first kappa shape index (κ1) is 16.3. The highest BCUT2D eigenvalue weighted by Crippen LogP contribution is 2.42. The van der Waals surface area contributed by atoms with Crippen molar-refractivity contribution in [3.63, 3.8) is 0 Å². The van der Waals surface area contributed by atoms with Gasteiger partial charge in [0.15, 0.2) is 0 Å². The van der Waals surface area contributed by atoms with E-state index in [1.165, 1.54) is 6.20 Å². The second kappa shape index (κ2) is 6.49. The molecule has 0 spiro atoms. The fourth-order valence-electron chi connectivity index (χ4n) is 2.79. The maximum absolute atomic E-state index is 9.86. The van der Waals surface area contributed by atoms with E-state index in [-0.39, 0.29) is 19.0 Å². The average molecular weight is 328 g/mol. The van der Waals surface area contributed by atoms with Crippen LogP contribution in [0.25, 0.3) is 0 Å². The number of hydrogen-bond acceptors (Lipinski definition) is 6. The van der Waals surface area contributed by atoms with Crippen LogP contribution in [-0.2, 0) is 6.54 Å². The van der Waals surface area contributed by atoms with Gasteiger partial charge in [-0.15, -0.1) is 0 Å². The van der Waals surface area contributed by atoms with Gasteiger partial charge in [-0.2, -0.15) is 10.2 Å².